The monoisotopic (exact) mass is 426 g/mol. The number of nitrogens with zero attached hydrogens (tertiary/aromatic N) is 2. The Kier molecular flexibility index (Phi) is 7.13. The van der Waals surface area contributed by atoms with Gasteiger partial charge in [-0.2, -0.15) is 5.10 Å². The zero-order chi connectivity index (χ0) is 20.1. The molecule has 1 aromatic heterocycles. The second-order valence-corrected chi connectivity index (χ2v) is 7.49. The Morgan fingerprint density at radius 3 is 2.70 bits per heavy atom. The van der Waals surface area contributed by atoms with Gasteiger partial charge < -0.3 is 15.4 Å². The first-order valence-electron chi connectivity index (χ1n) is 9.96. The lowest BCUT2D eigenvalue weighted by molar-refractivity contribution is -0.126. The molecule has 0 bridgehead atoms. The van der Waals surface area contributed by atoms with Crippen molar-refractivity contribution in [3.63, 3.8) is 0 Å². The summed E-state index contributed by atoms with van der Waals surface area (Å²) in [4.78, 5) is 13.3. The lowest BCUT2D eigenvalue weighted by atomic mass is 9.87. The molecule has 0 radical (unpaired) electrons. The quantitative estimate of drug-likeness (QED) is 0.627. The second kappa shape index (κ2) is 9.78. The number of nitrogens with one attached hydrogen (secondary N) is 2. The Labute approximate surface area is 183 Å². The van der Waals surface area contributed by atoms with Crippen LogP contribution in [-0.2, 0) is 16.9 Å². The second-order valence-electron chi connectivity index (χ2n) is 7.49. The third-order valence-corrected chi connectivity index (χ3v) is 5.38. The number of hydrogen-bond acceptors (Lipinski definition) is 4. The fourth-order valence-corrected chi connectivity index (χ4v) is 3.80. The van der Waals surface area contributed by atoms with Crippen LogP contribution in [0, 0.1) is 6.92 Å². The average molecular weight is 427 g/mol. The Hall–Kier alpha value is -2.83. The van der Waals surface area contributed by atoms with Gasteiger partial charge in [0.25, 0.3) is 5.91 Å². The van der Waals surface area contributed by atoms with Gasteiger partial charge >= 0.3 is 0 Å². The van der Waals surface area contributed by atoms with Crippen molar-refractivity contribution in [2.75, 3.05) is 18.4 Å². The molecule has 1 amide bonds. The number of rotatable bonds is 6. The summed E-state index contributed by atoms with van der Waals surface area (Å²) < 4.78 is 7.73. The van der Waals surface area contributed by atoms with E-state index in [0.717, 1.165) is 30.1 Å². The highest BCUT2D eigenvalue weighted by molar-refractivity contribution is 5.96. The maximum Gasteiger partial charge on any atom is 0.252 e. The number of piperidine rings is 1. The lowest BCUT2D eigenvalue weighted by Crippen LogP contribution is -2.52. The van der Waals surface area contributed by atoms with E-state index in [0.29, 0.717) is 19.4 Å². The molecular formula is C23H27ClN4O2. The predicted octanol–water partition coefficient (Wildman–Crippen LogP) is 3.91. The molecule has 0 aliphatic carbocycles. The van der Waals surface area contributed by atoms with Crippen LogP contribution >= 0.6 is 12.4 Å². The maximum absolute atomic E-state index is 13.3. The summed E-state index contributed by atoms with van der Waals surface area (Å²) in [5.74, 6) is 0.682. The highest BCUT2D eigenvalue weighted by atomic mass is 35.5. The summed E-state index contributed by atoms with van der Waals surface area (Å²) in [7, 11) is 0. The van der Waals surface area contributed by atoms with E-state index in [1.807, 2.05) is 48.7 Å². The molecular weight excluding hydrogens is 400 g/mol. The maximum atomic E-state index is 13.3. The van der Waals surface area contributed by atoms with Crippen LogP contribution in [0.2, 0.25) is 0 Å². The highest BCUT2D eigenvalue weighted by Crippen LogP contribution is 2.29. The molecule has 1 aliphatic heterocycles. The fourth-order valence-electron chi connectivity index (χ4n) is 3.80. The molecule has 4 rings (SSSR count). The molecule has 0 unspecified atom stereocenters. The normalized spacial score (nSPS) is 15.1. The van der Waals surface area contributed by atoms with Gasteiger partial charge in [0.2, 0.25) is 0 Å². The van der Waals surface area contributed by atoms with Gasteiger partial charge in [-0.15, -0.1) is 12.4 Å². The summed E-state index contributed by atoms with van der Waals surface area (Å²) in [6, 6.07) is 17.6. The first-order chi connectivity index (χ1) is 14.2. The van der Waals surface area contributed by atoms with Crippen molar-refractivity contribution in [2.45, 2.75) is 31.9 Å². The minimum atomic E-state index is -0.673. The summed E-state index contributed by atoms with van der Waals surface area (Å²) in [6.45, 7) is 4.12. The van der Waals surface area contributed by atoms with E-state index in [9.17, 15) is 4.79 Å². The number of aromatic nitrogens is 2. The lowest BCUT2D eigenvalue weighted by Gasteiger charge is -2.36. The van der Waals surface area contributed by atoms with Crippen molar-refractivity contribution in [3.05, 3.63) is 78.1 Å². The van der Waals surface area contributed by atoms with Crippen molar-refractivity contribution < 1.29 is 9.53 Å². The van der Waals surface area contributed by atoms with E-state index in [2.05, 4.69) is 34.8 Å². The van der Waals surface area contributed by atoms with Crippen LogP contribution in [-0.4, -0.2) is 28.8 Å². The smallest absolute Gasteiger partial charge is 0.252 e. The Morgan fingerprint density at radius 2 is 1.97 bits per heavy atom. The van der Waals surface area contributed by atoms with Crippen LogP contribution in [0.25, 0.3) is 0 Å². The van der Waals surface area contributed by atoms with Crippen LogP contribution in [0.15, 0.2) is 67.0 Å². The topological polar surface area (TPSA) is 68.2 Å². The molecule has 1 saturated heterocycles. The first kappa shape index (κ1) is 21.9. The largest absolute Gasteiger partial charge is 0.489 e. The van der Waals surface area contributed by atoms with Gasteiger partial charge in [0.1, 0.15) is 17.9 Å². The van der Waals surface area contributed by atoms with Gasteiger partial charge in [-0.25, -0.2) is 0 Å². The van der Waals surface area contributed by atoms with E-state index in [1.165, 1.54) is 5.56 Å². The van der Waals surface area contributed by atoms with Crippen molar-refractivity contribution in [1.29, 1.82) is 0 Å². The molecule has 0 atom stereocenters. The number of anilines is 1. The van der Waals surface area contributed by atoms with Crippen molar-refractivity contribution in [1.82, 2.24) is 15.1 Å². The van der Waals surface area contributed by atoms with Crippen molar-refractivity contribution in [2.24, 2.45) is 0 Å². The molecule has 2 heterocycles. The average Bonchev–Trinajstić information content (AvgIpc) is 3.29. The standard InChI is InChI=1S/C23H26N4O2.ClH/c1-18-5-2-6-19(15-18)17-29-21-8-3-7-20(16-21)26-22(28)23(9-12-24-13-10-23)27-14-4-11-25-27;/h2-8,11,14-16,24H,9-10,12-13,17H2,1H3,(H,26,28);1H. The summed E-state index contributed by atoms with van der Waals surface area (Å²) in [5, 5.41) is 10.8. The number of carbonyl (C=O) groups excluding carboxylic acids is 1. The molecule has 7 heteroatoms. The highest BCUT2D eigenvalue weighted by Gasteiger charge is 2.42. The minimum Gasteiger partial charge on any atom is -0.489 e. The number of halogens is 1. The van der Waals surface area contributed by atoms with Gasteiger partial charge in [-0.3, -0.25) is 9.48 Å². The van der Waals surface area contributed by atoms with Crippen LogP contribution in [0.1, 0.15) is 24.0 Å². The molecule has 3 aromatic rings. The molecule has 158 valence electrons. The van der Waals surface area contributed by atoms with Crippen molar-refractivity contribution in [3.8, 4) is 5.75 Å². The van der Waals surface area contributed by atoms with Crippen LogP contribution < -0.4 is 15.4 Å². The molecule has 0 saturated carbocycles. The summed E-state index contributed by atoms with van der Waals surface area (Å²) in [6.07, 6.45) is 4.98. The number of benzene rings is 2. The molecule has 0 spiro atoms. The Morgan fingerprint density at radius 1 is 1.17 bits per heavy atom. The summed E-state index contributed by atoms with van der Waals surface area (Å²) >= 11 is 0. The molecule has 6 nitrogen and oxygen atoms in total. The number of aryl methyl sites for hydroxylation is 1. The van der Waals surface area contributed by atoms with Crippen molar-refractivity contribution >= 4 is 24.0 Å². The third kappa shape index (κ3) is 4.83. The molecule has 2 aromatic carbocycles. The molecule has 2 N–H and O–H groups in total. The Bertz CT molecular complexity index is 969. The van der Waals surface area contributed by atoms with Crippen LogP contribution in [0.4, 0.5) is 5.69 Å². The van der Waals surface area contributed by atoms with E-state index in [1.54, 1.807) is 10.9 Å². The third-order valence-electron chi connectivity index (χ3n) is 5.38. The van der Waals surface area contributed by atoms with Gasteiger partial charge in [0, 0.05) is 24.1 Å². The van der Waals surface area contributed by atoms with E-state index in [4.69, 9.17) is 4.74 Å². The van der Waals surface area contributed by atoms with Gasteiger partial charge in [0.05, 0.1) is 0 Å². The van der Waals surface area contributed by atoms with Crippen LogP contribution in [0.3, 0.4) is 0 Å². The molecule has 1 fully saturated rings. The number of carbonyl (C=O) groups is 1. The van der Waals surface area contributed by atoms with E-state index in [-0.39, 0.29) is 18.3 Å². The van der Waals surface area contributed by atoms with Gasteiger partial charge in [0.15, 0.2) is 0 Å². The minimum absolute atomic E-state index is 0. The zero-order valence-electron chi connectivity index (χ0n) is 17.0. The predicted molar refractivity (Wildman–Crippen MR) is 120 cm³/mol. The number of ether oxygens (including phenoxy) is 1. The zero-order valence-corrected chi connectivity index (χ0v) is 17.8. The fraction of sp³-hybridized carbons (Fsp3) is 0.304. The number of hydrogen-bond donors (Lipinski definition) is 2. The summed E-state index contributed by atoms with van der Waals surface area (Å²) in [5.41, 5.74) is 2.37. The van der Waals surface area contributed by atoms with Crippen LogP contribution in [0.5, 0.6) is 5.75 Å². The SMILES string of the molecule is Cc1cccc(COc2cccc(NC(=O)C3(n4cccn4)CCNCC3)c2)c1.Cl. The van der Waals surface area contributed by atoms with E-state index >= 15 is 0 Å². The molecule has 1 aliphatic rings. The van der Waals surface area contributed by atoms with Gasteiger partial charge in [-0.05, 0) is 56.6 Å². The molecule has 30 heavy (non-hydrogen) atoms. The Balaban J connectivity index is 0.00000256. The first-order valence-corrected chi connectivity index (χ1v) is 9.96. The number of amides is 1. The van der Waals surface area contributed by atoms with Gasteiger partial charge in [-0.1, -0.05) is 35.9 Å². The van der Waals surface area contributed by atoms with E-state index < -0.39 is 5.54 Å².